The van der Waals surface area contributed by atoms with Crippen molar-refractivity contribution in [2.24, 2.45) is 0 Å². The molecule has 3 rings (SSSR count). The van der Waals surface area contributed by atoms with Crippen LogP contribution in [0.3, 0.4) is 0 Å². The van der Waals surface area contributed by atoms with Gasteiger partial charge in [-0.05, 0) is 29.8 Å². The SMILES string of the molecule is COc1ccc(-c2nc(NC(=O)OCc3ccccc3)sc2C(=O)O)cc1. The maximum Gasteiger partial charge on any atom is 0.413 e. The van der Waals surface area contributed by atoms with E-state index < -0.39 is 12.1 Å². The number of benzene rings is 2. The van der Waals surface area contributed by atoms with E-state index in [-0.39, 0.29) is 22.3 Å². The number of hydrogen-bond acceptors (Lipinski definition) is 6. The standard InChI is InChI=1S/C19H16N2O5S/c1-25-14-9-7-13(8-10-14)15-16(17(22)23)27-18(20-15)21-19(24)26-11-12-5-3-2-4-6-12/h2-10H,11H2,1H3,(H,22,23)(H,20,21,24). The van der Waals surface area contributed by atoms with Gasteiger partial charge >= 0.3 is 12.1 Å². The molecule has 0 saturated heterocycles. The average Bonchev–Trinajstić information content (AvgIpc) is 3.11. The van der Waals surface area contributed by atoms with Crippen molar-refractivity contribution < 1.29 is 24.2 Å². The zero-order chi connectivity index (χ0) is 19.2. The van der Waals surface area contributed by atoms with Crippen molar-refractivity contribution in [3.8, 4) is 17.0 Å². The number of rotatable bonds is 6. The van der Waals surface area contributed by atoms with Crippen molar-refractivity contribution in [1.29, 1.82) is 0 Å². The third-order valence-corrected chi connectivity index (χ3v) is 4.57. The van der Waals surface area contributed by atoms with Gasteiger partial charge in [0.2, 0.25) is 0 Å². The normalized spacial score (nSPS) is 10.3. The van der Waals surface area contributed by atoms with Crippen LogP contribution in [0.5, 0.6) is 5.75 Å². The predicted molar refractivity (Wildman–Crippen MR) is 101 cm³/mol. The Morgan fingerprint density at radius 1 is 1.11 bits per heavy atom. The highest BCUT2D eigenvalue weighted by molar-refractivity contribution is 7.18. The van der Waals surface area contributed by atoms with Gasteiger partial charge in [0.25, 0.3) is 0 Å². The first-order chi connectivity index (χ1) is 13.1. The van der Waals surface area contributed by atoms with Crippen molar-refractivity contribution in [3.63, 3.8) is 0 Å². The first kappa shape index (κ1) is 18.4. The molecule has 0 aliphatic rings. The van der Waals surface area contributed by atoms with E-state index >= 15 is 0 Å². The summed E-state index contributed by atoms with van der Waals surface area (Å²) in [5.74, 6) is -0.474. The highest BCUT2D eigenvalue weighted by Crippen LogP contribution is 2.32. The minimum absolute atomic E-state index is 0.0264. The number of methoxy groups -OCH3 is 1. The largest absolute Gasteiger partial charge is 0.497 e. The second kappa shape index (κ2) is 8.33. The number of carbonyl (C=O) groups is 2. The molecule has 0 bridgehead atoms. The predicted octanol–water partition coefficient (Wildman–Crippen LogP) is 4.27. The lowest BCUT2D eigenvalue weighted by atomic mass is 10.1. The second-order valence-corrected chi connectivity index (χ2v) is 6.42. The second-order valence-electron chi connectivity index (χ2n) is 5.42. The molecule has 2 N–H and O–H groups in total. The third-order valence-electron chi connectivity index (χ3n) is 3.61. The van der Waals surface area contributed by atoms with Gasteiger partial charge in [0.1, 0.15) is 17.2 Å². The summed E-state index contributed by atoms with van der Waals surface area (Å²) in [6.45, 7) is 0.106. The van der Waals surface area contributed by atoms with Crippen LogP contribution in [-0.4, -0.2) is 29.3 Å². The monoisotopic (exact) mass is 384 g/mol. The number of amides is 1. The Morgan fingerprint density at radius 2 is 1.81 bits per heavy atom. The lowest BCUT2D eigenvalue weighted by Gasteiger charge is -2.04. The molecule has 0 atom stereocenters. The summed E-state index contributed by atoms with van der Waals surface area (Å²) in [6.07, 6.45) is -0.703. The maximum atomic E-state index is 12.0. The molecule has 0 unspecified atom stereocenters. The number of aromatic nitrogens is 1. The van der Waals surface area contributed by atoms with E-state index in [0.29, 0.717) is 11.3 Å². The number of hydrogen-bond donors (Lipinski definition) is 2. The van der Waals surface area contributed by atoms with Crippen molar-refractivity contribution in [2.75, 3.05) is 12.4 Å². The van der Waals surface area contributed by atoms with Gasteiger partial charge < -0.3 is 14.6 Å². The summed E-state index contributed by atoms with van der Waals surface area (Å²) in [7, 11) is 1.55. The van der Waals surface area contributed by atoms with Crippen LogP contribution in [0.4, 0.5) is 9.93 Å². The summed E-state index contributed by atoms with van der Waals surface area (Å²) in [4.78, 5) is 27.8. The molecule has 8 heteroatoms. The lowest BCUT2D eigenvalue weighted by molar-refractivity contribution is 0.0702. The van der Waals surface area contributed by atoms with Gasteiger partial charge in [0, 0.05) is 5.56 Å². The molecular formula is C19H16N2O5S. The van der Waals surface area contributed by atoms with Gasteiger partial charge in [-0.15, -0.1) is 0 Å². The van der Waals surface area contributed by atoms with E-state index in [9.17, 15) is 14.7 Å². The molecule has 0 fully saturated rings. The van der Waals surface area contributed by atoms with Crippen molar-refractivity contribution in [3.05, 3.63) is 65.0 Å². The summed E-state index contributed by atoms with van der Waals surface area (Å²) in [5, 5.41) is 12.1. The highest BCUT2D eigenvalue weighted by atomic mass is 32.1. The Kier molecular flexibility index (Phi) is 5.68. The molecule has 138 valence electrons. The van der Waals surface area contributed by atoms with Gasteiger partial charge in [0.05, 0.1) is 12.8 Å². The van der Waals surface area contributed by atoms with E-state index in [2.05, 4.69) is 10.3 Å². The number of carboxylic acids is 1. The smallest absolute Gasteiger partial charge is 0.413 e. The van der Waals surface area contributed by atoms with Crippen LogP contribution in [0.25, 0.3) is 11.3 Å². The van der Waals surface area contributed by atoms with Gasteiger partial charge in [-0.3, -0.25) is 5.32 Å². The van der Waals surface area contributed by atoms with Gasteiger partial charge in [-0.2, -0.15) is 0 Å². The average molecular weight is 384 g/mol. The minimum atomic E-state index is -1.12. The Bertz CT molecular complexity index is 938. The number of nitrogens with zero attached hydrogens (tertiary/aromatic N) is 1. The molecule has 1 heterocycles. The van der Waals surface area contributed by atoms with Crippen LogP contribution < -0.4 is 10.1 Å². The van der Waals surface area contributed by atoms with Crippen LogP contribution in [-0.2, 0) is 11.3 Å². The number of nitrogens with one attached hydrogen (secondary N) is 1. The quantitative estimate of drug-likeness (QED) is 0.659. The molecule has 0 spiro atoms. The number of carbonyl (C=O) groups excluding carboxylic acids is 1. The third kappa shape index (κ3) is 4.62. The first-order valence-corrected chi connectivity index (χ1v) is 8.74. The van der Waals surface area contributed by atoms with Gasteiger partial charge in [0.15, 0.2) is 5.13 Å². The first-order valence-electron chi connectivity index (χ1n) is 7.93. The fourth-order valence-electron chi connectivity index (χ4n) is 2.31. The molecule has 7 nitrogen and oxygen atoms in total. The Morgan fingerprint density at radius 3 is 2.44 bits per heavy atom. The fourth-order valence-corrected chi connectivity index (χ4v) is 3.12. The molecule has 0 aliphatic heterocycles. The Hall–Kier alpha value is -3.39. The van der Waals surface area contributed by atoms with E-state index in [1.165, 1.54) is 0 Å². The maximum absolute atomic E-state index is 12.0. The number of ether oxygens (including phenoxy) is 2. The van der Waals surface area contributed by atoms with Crippen LogP contribution in [0.15, 0.2) is 54.6 Å². The number of thiazole rings is 1. The molecule has 1 amide bonds. The molecular weight excluding hydrogens is 368 g/mol. The topological polar surface area (TPSA) is 97.8 Å². The van der Waals surface area contributed by atoms with E-state index in [1.807, 2.05) is 30.3 Å². The van der Waals surface area contributed by atoms with Crippen LogP contribution in [0.2, 0.25) is 0 Å². The summed E-state index contributed by atoms with van der Waals surface area (Å²) in [5.41, 5.74) is 1.72. The molecule has 3 aromatic rings. The van der Waals surface area contributed by atoms with Crippen molar-refractivity contribution in [1.82, 2.24) is 4.98 Å². The van der Waals surface area contributed by atoms with Gasteiger partial charge in [-0.25, -0.2) is 14.6 Å². The zero-order valence-corrected chi connectivity index (χ0v) is 15.2. The van der Waals surface area contributed by atoms with E-state index in [4.69, 9.17) is 9.47 Å². The zero-order valence-electron chi connectivity index (χ0n) is 14.3. The molecule has 27 heavy (non-hydrogen) atoms. The number of anilines is 1. The van der Waals surface area contributed by atoms with Gasteiger partial charge in [-0.1, -0.05) is 41.7 Å². The van der Waals surface area contributed by atoms with Crippen LogP contribution >= 0.6 is 11.3 Å². The van der Waals surface area contributed by atoms with Crippen molar-refractivity contribution >= 4 is 28.5 Å². The molecule has 0 radical (unpaired) electrons. The number of aromatic carboxylic acids is 1. The number of carboxylic acid groups (broad SMARTS) is 1. The fraction of sp³-hybridized carbons (Fsp3) is 0.105. The molecule has 0 saturated carbocycles. The summed E-state index contributed by atoms with van der Waals surface area (Å²) < 4.78 is 10.2. The summed E-state index contributed by atoms with van der Waals surface area (Å²) in [6, 6.07) is 16.1. The van der Waals surface area contributed by atoms with E-state index in [0.717, 1.165) is 16.9 Å². The van der Waals surface area contributed by atoms with Crippen molar-refractivity contribution in [2.45, 2.75) is 6.61 Å². The molecule has 2 aromatic carbocycles. The van der Waals surface area contributed by atoms with E-state index in [1.54, 1.807) is 31.4 Å². The minimum Gasteiger partial charge on any atom is -0.497 e. The summed E-state index contributed by atoms with van der Waals surface area (Å²) >= 11 is 0.869. The van der Waals surface area contributed by atoms with Crippen LogP contribution in [0, 0.1) is 0 Å². The molecule has 1 aromatic heterocycles. The Balaban J connectivity index is 1.74. The van der Waals surface area contributed by atoms with Crippen LogP contribution in [0.1, 0.15) is 15.2 Å². The Labute approximate surface area is 159 Å². The highest BCUT2D eigenvalue weighted by Gasteiger charge is 2.20. The molecule has 0 aliphatic carbocycles. The lowest BCUT2D eigenvalue weighted by Crippen LogP contribution is -2.13.